The standard InChI is InChI=1S/C25H23N3O4S/c1-14-5-8-18(15(2)11-14)24-27-20-12-16(6-10-21(20)32-24)26-25(33)28-23(29)19-9-7-17(30-3)13-22(19)31-4/h5-13H,1-4H3,(H2,26,28,29,33). The Labute approximate surface area is 196 Å². The van der Waals surface area contributed by atoms with E-state index in [4.69, 9.17) is 26.1 Å². The molecule has 4 rings (SSSR count). The van der Waals surface area contributed by atoms with Gasteiger partial charge < -0.3 is 19.2 Å². The van der Waals surface area contributed by atoms with E-state index in [-0.39, 0.29) is 5.11 Å². The fraction of sp³-hybridized carbons (Fsp3) is 0.160. The molecule has 4 aromatic rings. The molecule has 168 valence electrons. The lowest BCUT2D eigenvalue weighted by Crippen LogP contribution is -2.34. The Balaban J connectivity index is 1.49. The van der Waals surface area contributed by atoms with Crippen molar-refractivity contribution in [3.63, 3.8) is 0 Å². The summed E-state index contributed by atoms with van der Waals surface area (Å²) in [7, 11) is 3.03. The Kier molecular flexibility index (Phi) is 6.28. The van der Waals surface area contributed by atoms with Crippen molar-refractivity contribution in [3.8, 4) is 23.0 Å². The van der Waals surface area contributed by atoms with Crippen LogP contribution < -0.4 is 20.1 Å². The smallest absolute Gasteiger partial charge is 0.261 e. The molecule has 0 spiro atoms. The molecule has 8 heteroatoms. The van der Waals surface area contributed by atoms with Crippen LogP contribution >= 0.6 is 12.2 Å². The molecular weight excluding hydrogens is 438 g/mol. The van der Waals surface area contributed by atoms with E-state index in [0.717, 1.165) is 11.1 Å². The first-order valence-electron chi connectivity index (χ1n) is 10.2. The van der Waals surface area contributed by atoms with Crippen molar-refractivity contribution in [2.45, 2.75) is 13.8 Å². The number of ether oxygens (including phenoxy) is 2. The minimum atomic E-state index is -0.397. The maximum atomic E-state index is 12.7. The number of carbonyl (C=O) groups is 1. The fourth-order valence-electron chi connectivity index (χ4n) is 3.49. The van der Waals surface area contributed by atoms with Crippen molar-refractivity contribution in [2.75, 3.05) is 19.5 Å². The number of amides is 1. The SMILES string of the molecule is COc1ccc(C(=O)NC(=S)Nc2ccc3oc(-c4ccc(C)cc4C)nc3c2)c(OC)c1. The maximum absolute atomic E-state index is 12.7. The van der Waals surface area contributed by atoms with E-state index in [1.54, 1.807) is 25.3 Å². The molecule has 1 heterocycles. The van der Waals surface area contributed by atoms with Gasteiger partial charge in [0.1, 0.15) is 17.0 Å². The van der Waals surface area contributed by atoms with Crippen LogP contribution in [-0.4, -0.2) is 30.2 Å². The summed E-state index contributed by atoms with van der Waals surface area (Å²) in [5.41, 5.74) is 5.58. The van der Waals surface area contributed by atoms with Gasteiger partial charge in [-0.2, -0.15) is 0 Å². The molecule has 0 aliphatic heterocycles. The molecule has 0 saturated heterocycles. The average molecular weight is 462 g/mol. The Morgan fingerprint density at radius 3 is 2.55 bits per heavy atom. The molecule has 0 atom stereocenters. The number of nitrogens with one attached hydrogen (secondary N) is 2. The molecule has 0 radical (unpaired) electrons. The first-order valence-corrected chi connectivity index (χ1v) is 10.6. The zero-order valence-corrected chi connectivity index (χ0v) is 19.5. The van der Waals surface area contributed by atoms with Crippen molar-refractivity contribution in [2.24, 2.45) is 0 Å². The summed E-state index contributed by atoms with van der Waals surface area (Å²) >= 11 is 5.32. The largest absolute Gasteiger partial charge is 0.497 e. The van der Waals surface area contributed by atoms with Crippen molar-refractivity contribution < 1.29 is 18.7 Å². The highest BCUT2D eigenvalue weighted by Gasteiger charge is 2.16. The average Bonchev–Trinajstić information content (AvgIpc) is 3.21. The van der Waals surface area contributed by atoms with Crippen molar-refractivity contribution in [3.05, 3.63) is 71.3 Å². The number of rotatable bonds is 5. The number of benzene rings is 3. The number of methoxy groups -OCH3 is 2. The van der Waals surface area contributed by atoms with Crippen LogP contribution in [0.4, 0.5) is 5.69 Å². The number of carbonyl (C=O) groups excluding carboxylic acids is 1. The highest BCUT2D eigenvalue weighted by molar-refractivity contribution is 7.80. The van der Waals surface area contributed by atoms with Crippen LogP contribution in [0.15, 0.2) is 59.0 Å². The van der Waals surface area contributed by atoms with Crippen molar-refractivity contribution in [1.82, 2.24) is 10.3 Å². The lowest BCUT2D eigenvalue weighted by Gasteiger charge is -2.12. The summed E-state index contributed by atoms with van der Waals surface area (Å²) in [5, 5.41) is 5.83. The van der Waals surface area contributed by atoms with Gasteiger partial charge in [0.05, 0.1) is 19.8 Å². The summed E-state index contributed by atoms with van der Waals surface area (Å²) in [5.74, 6) is 1.14. The second-order valence-electron chi connectivity index (χ2n) is 7.49. The third kappa shape index (κ3) is 4.80. The lowest BCUT2D eigenvalue weighted by molar-refractivity contribution is 0.0974. The molecule has 0 aliphatic rings. The minimum Gasteiger partial charge on any atom is -0.497 e. The van der Waals surface area contributed by atoms with Crippen LogP contribution in [0.3, 0.4) is 0 Å². The molecule has 3 aromatic carbocycles. The van der Waals surface area contributed by atoms with Gasteiger partial charge in [0.25, 0.3) is 5.91 Å². The van der Waals surface area contributed by atoms with E-state index in [1.807, 2.05) is 44.2 Å². The van der Waals surface area contributed by atoms with Gasteiger partial charge in [-0.05, 0) is 68.0 Å². The second-order valence-corrected chi connectivity index (χ2v) is 7.90. The number of aromatic nitrogens is 1. The molecule has 0 aliphatic carbocycles. The van der Waals surface area contributed by atoms with Crippen molar-refractivity contribution >= 4 is 40.0 Å². The van der Waals surface area contributed by atoms with E-state index in [1.165, 1.54) is 12.7 Å². The number of hydrogen-bond acceptors (Lipinski definition) is 6. The maximum Gasteiger partial charge on any atom is 0.261 e. The number of fused-ring (bicyclic) bond motifs is 1. The van der Waals surface area contributed by atoms with Gasteiger partial charge in [0.15, 0.2) is 10.7 Å². The molecule has 1 aromatic heterocycles. The van der Waals surface area contributed by atoms with Crippen LogP contribution in [0, 0.1) is 13.8 Å². The Hall–Kier alpha value is -3.91. The van der Waals surface area contributed by atoms with Crippen LogP contribution in [0.5, 0.6) is 11.5 Å². The first kappa shape index (κ1) is 22.3. The molecule has 0 saturated carbocycles. The van der Waals surface area contributed by atoms with Crippen molar-refractivity contribution in [1.29, 1.82) is 0 Å². The number of aryl methyl sites for hydroxylation is 2. The third-order valence-corrected chi connectivity index (χ3v) is 5.34. The molecule has 0 unspecified atom stereocenters. The van der Waals surface area contributed by atoms with Gasteiger partial charge >= 0.3 is 0 Å². The van der Waals surface area contributed by atoms with Crippen LogP contribution in [-0.2, 0) is 0 Å². The van der Waals surface area contributed by atoms with E-state index in [2.05, 4.69) is 21.7 Å². The van der Waals surface area contributed by atoms with Crippen LogP contribution in [0.2, 0.25) is 0 Å². The Morgan fingerprint density at radius 1 is 1.00 bits per heavy atom. The zero-order chi connectivity index (χ0) is 23.5. The normalized spacial score (nSPS) is 10.7. The molecule has 2 N–H and O–H groups in total. The third-order valence-electron chi connectivity index (χ3n) is 5.14. The predicted molar refractivity (Wildman–Crippen MR) is 132 cm³/mol. The zero-order valence-electron chi connectivity index (χ0n) is 18.7. The van der Waals surface area contributed by atoms with Crippen LogP contribution in [0.1, 0.15) is 21.5 Å². The molecule has 7 nitrogen and oxygen atoms in total. The van der Waals surface area contributed by atoms with E-state index in [9.17, 15) is 4.79 Å². The Morgan fingerprint density at radius 2 is 1.82 bits per heavy atom. The van der Waals surface area contributed by atoms with E-state index < -0.39 is 5.91 Å². The van der Waals surface area contributed by atoms with Gasteiger partial charge in [-0.25, -0.2) is 4.98 Å². The predicted octanol–water partition coefficient (Wildman–Crippen LogP) is 5.26. The Bertz CT molecular complexity index is 1360. The monoisotopic (exact) mass is 461 g/mol. The highest BCUT2D eigenvalue weighted by Crippen LogP contribution is 2.29. The quantitative estimate of drug-likeness (QED) is 0.392. The number of oxazole rings is 1. The number of thiocarbonyl (C=S) groups is 1. The number of anilines is 1. The minimum absolute atomic E-state index is 0.148. The van der Waals surface area contributed by atoms with Gasteiger partial charge in [-0.15, -0.1) is 0 Å². The van der Waals surface area contributed by atoms with Gasteiger partial charge in [0.2, 0.25) is 5.89 Å². The van der Waals surface area contributed by atoms with Gasteiger partial charge in [-0.1, -0.05) is 17.7 Å². The summed E-state index contributed by atoms with van der Waals surface area (Å²) < 4.78 is 16.4. The molecule has 0 fully saturated rings. The second kappa shape index (κ2) is 9.30. The molecule has 0 bridgehead atoms. The van der Waals surface area contributed by atoms with E-state index >= 15 is 0 Å². The number of hydrogen-bond donors (Lipinski definition) is 2. The fourth-order valence-corrected chi connectivity index (χ4v) is 3.70. The number of nitrogens with zero attached hydrogens (tertiary/aromatic N) is 1. The molecular formula is C25H23N3O4S. The molecule has 33 heavy (non-hydrogen) atoms. The molecule has 1 amide bonds. The van der Waals surface area contributed by atoms with Gasteiger partial charge in [0, 0.05) is 17.3 Å². The topological polar surface area (TPSA) is 85.6 Å². The summed E-state index contributed by atoms with van der Waals surface area (Å²) in [6.07, 6.45) is 0. The van der Waals surface area contributed by atoms with E-state index in [0.29, 0.717) is 39.7 Å². The summed E-state index contributed by atoms with van der Waals surface area (Å²) in [6, 6.07) is 16.5. The highest BCUT2D eigenvalue weighted by atomic mass is 32.1. The van der Waals surface area contributed by atoms with Crippen LogP contribution in [0.25, 0.3) is 22.6 Å². The summed E-state index contributed by atoms with van der Waals surface area (Å²) in [6.45, 7) is 4.08. The lowest BCUT2D eigenvalue weighted by atomic mass is 10.1. The first-order chi connectivity index (χ1) is 15.9. The summed E-state index contributed by atoms with van der Waals surface area (Å²) in [4.78, 5) is 17.3. The van der Waals surface area contributed by atoms with Gasteiger partial charge in [-0.3, -0.25) is 10.1 Å².